The lowest BCUT2D eigenvalue weighted by atomic mass is 9.86. The molecule has 1 saturated carbocycles. The Morgan fingerprint density at radius 3 is 2.60 bits per heavy atom. The van der Waals surface area contributed by atoms with Gasteiger partial charge in [0.1, 0.15) is 0 Å². The summed E-state index contributed by atoms with van der Waals surface area (Å²) in [6, 6.07) is 9.73. The van der Waals surface area contributed by atoms with Crippen molar-refractivity contribution >= 4 is 0 Å². The minimum atomic E-state index is 0.439. The molecular formula is C13H20N2. The topological polar surface area (TPSA) is 29.3 Å². The third kappa shape index (κ3) is 2.39. The predicted octanol–water partition coefficient (Wildman–Crippen LogP) is 1.92. The third-order valence-electron chi connectivity index (χ3n) is 3.45. The molecule has 0 heterocycles. The molecule has 2 heteroatoms. The van der Waals surface area contributed by atoms with Crippen LogP contribution in [0.25, 0.3) is 0 Å². The quantitative estimate of drug-likeness (QED) is 0.815. The fraction of sp³-hybridized carbons (Fsp3) is 0.538. The molecule has 1 aromatic rings. The van der Waals surface area contributed by atoms with Gasteiger partial charge in [0.15, 0.2) is 0 Å². The normalized spacial score (nSPS) is 25.3. The van der Waals surface area contributed by atoms with Crippen LogP contribution in [0.4, 0.5) is 0 Å². The van der Waals surface area contributed by atoms with Crippen LogP contribution in [0.5, 0.6) is 0 Å². The molecular weight excluding hydrogens is 184 g/mol. The second-order valence-electron chi connectivity index (χ2n) is 4.73. The summed E-state index contributed by atoms with van der Waals surface area (Å²) in [6.07, 6.45) is 2.31. The van der Waals surface area contributed by atoms with Gasteiger partial charge in [-0.15, -0.1) is 0 Å². The van der Waals surface area contributed by atoms with E-state index in [-0.39, 0.29) is 0 Å². The zero-order valence-electron chi connectivity index (χ0n) is 9.61. The van der Waals surface area contributed by atoms with Crippen LogP contribution in [-0.4, -0.2) is 24.0 Å². The van der Waals surface area contributed by atoms with Crippen molar-refractivity contribution in [3.63, 3.8) is 0 Å². The molecule has 2 nitrogen and oxygen atoms in total. The molecule has 0 saturated heterocycles. The first-order valence-corrected chi connectivity index (χ1v) is 5.67. The summed E-state index contributed by atoms with van der Waals surface area (Å²) in [5.74, 6) is 0. The van der Waals surface area contributed by atoms with Gasteiger partial charge in [-0.05, 0) is 37.9 Å². The average Bonchev–Trinajstić information content (AvgIpc) is 2.17. The first kappa shape index (κ1) is 10.7. The van der Waals surface area contributed by atoms with Crippen LogP contribution in [0, 0.1) is 6.92 Å². The van der Waals surface area contributed by atoms with E-state index in [0.29, 0.717) is 12.1 Å². The van der Waals surface area contributed by atoms with E-state index < -0.39 is 0 Å². The van der Waals surface area contributed by atoms with Crippen molar-refractivity contribution < 1.29 is 0 Å². The van der Waals surface area contributed by atoms with Gasteiger partial charge in [-0.3, -0.25) is 4.90 Å². The number of hydrogen-bond donors (Lipinski definition) is 1. The average molecular weight is 204 g/mol. The minimum Gasteiger partial charge on any atom is -0.328 e. The molecule has 1 aliphatic carbocycles. The van der Waals surface area contributed by atoms with E-state index in [9.17, 15) is 0 Å². The first-order chi connectivity index (χ1) is 7.16. The highest BCUT2D eigenvalue weighted by atomic mass is 15.1. The maximum absolute atomic E-state index is 5.80. The van der Waals surface area contributed by atoms with E-state index in [1.807, 2.05) is 0 Å². The number of rotatable bonds is 3. The standard InChI is InChI=1S/C13H20N2/c1-10-5-3-4-6-11(10)9-15(2)13-7-12(14)8-13/h3-6,12-13H,7-9,14H2,1-2H3. The van der Waals surface area contributed by atoms with Crippen LogP contribution < -0.4 is 5.73 Å². The molecule has 1 aliphatic rings. The lowest BCUT2D eigenvalue weighted by molar-refractivity contribution is 0.132. The van der Waals surface area contributed by atoms with Gasteiger partial charge in [0.05, 0.1) is 0 Å². The highest BCUT2D eigenvalue weighted by Gasteiger charge is 2.29. The number of nitrogens with zero attached hydrogens (tertiary/aromatic N) is 1. The van der Waals surface area contributed by atoms with E-state index >= 15 is 0 Å². The Balaban J connectivity index is 1.94. The van der Waals surface area contributed by atoms with Gasteiger partial charge in [-0.1, -0.05) is 24.3 Å². The SMILES string of the molecule is Cc1ccccc1CN(C)C1CC(N)C1. The number of nitrogens with two attached hydrogens (primary N) is 1. The maximum atomic E-state index is 5.80. The van der Waals surface area contributed by atoms with Crippen LogP contribution >= 0.6 is 0 Å². The van der Waals surface area contributed by atoms with Crippen molar-refractivity contribution in [2.45, 2.75) is 38.4 Å². The second-order valence-corrected chi connectivity index (χ2v) is 4.73. The summed E-state index contributed by atoms with van der Waals surface area (Å²) in [5.41, 5.74) is 8.62. The molecule has 2 N–H and O–H groups in total. The van der Waals surface area contributed by atoms with Crippen molar-refractivity contribution in [2.24, 2.45) is 5.73 Å². The van der Waals surface area contributed by atoms with E-state index in [2.05, 4.69) is 43.1 Å². The Bertz CT molecular complexity index is 329. The fourth-order valence-corrected chi connectivity index (χ4v) is 2.18. The summed E-state index contributed by atoms with van der Waals surface area (Å²) in [6.45, 7) is 3.22. The van der Waals surface area contributed by atoms with Gasteiger partial charge >= 0.3 is 0 Å². The van der Waals surface area contributed by atoms with Crippen LogP contribution in [-0.2, 0) is 6.54 Å². The Labute approximate surface area is 92.1 Å². The fourth-order valence-electron chi connectivity index (χ4n) is 2.18. The number of hydrogen-bond acceptors (Lipinski definition) is 2. The minimum absolute atomic E-state index is 0.439. The van der Waals surface area contributed by atoms with E-state index in [1.54, 1.807) is 0 Å². The van der Waals surface area contributed by atoms with Crippen LogP contribution in [0.3, 0.4) is 0 Å². The van der Waals surface area contributed by atoms with Crippen molar-refractivity contribution in [2.75, 3.05) is 7.05 Å². The molecule has 0 unspecified atom stereocenters. The zero-order valence-corrected chi connectivity index (χ0v) is 9.61. The summed E-state index contributed by atoms with van der Waals surface area (Å²) >= 11 is 0. The molecule has 15 heavy (non-hydrogen) atoms. The molecule has 0 amide bonds. The van der Waals surface area contributed by atoms with Gasteiger partial charge in [0.25, 0.3) is 0 Å². The maximum Gasteiger partial charge on any atom is 0.0236 e. The van der Waals surface area contributed by atoms with Crippen molar-refractivity contribution in [1.29, 1.82) is 0 Å². The number of aryl methyl sites for hydroxylation is 1. The Hall–Kier alpha value is -0.860. The van der Waals surface area contributed by atoms with Crippen molar-refractivity contribution in [3.05, 3.63) is 35.4 Å². The Kier molecular flexibility index (Phi) is 3.08. The van der Waals surface area contributed by atoms with Crippen LogP contribution in [0.15, 0.2) is 24.3 Å². The summed E-state index contributed by atoms with van der Waals surface area (Å²) in [5, 5.41) is 0. The first-order valence-electron chi connectivity index (χ1n) is 5.67. The van der Waals surface area contributed by atoms with E-state index in [0.717, 1.165) is 19.4 Å². The molecule has 0 spiro atoms. The van der Waals surface area contributed by atoms with Gasteiger partial charge in [0, 0.05) is 18.6 Å². The van der Waals surface area contributed by atoms with Gasteiger partial charge in [-0.2, -0.15) is 0 Å². The smallest absolute Gasteiger partial charge is 0.0236 e. The summed E-state index contributed by atoms with van der Waals surface area (Å²) < 4.78 is 0. The highest BCUT2D eigenvalue weighted by molar-refractivity contribution is 5.25. The van der Waals surface area contributed by atoms with Crippen LogP contribution in [0.1, 0.15) is 24.0 Å². The molecule has 2 rings (SSSR count). The molecule has 1 fully saturated rings. The third-order valence-corrected chi connectivity index (χ3v) is 3.45. The van der Waals surface area contributed by atoms with E-state index in [1.165, 1.54) is 11.1 Å². The van der Waals surface area contributed by atoms with Crippen LogP contribution in [0.2, 0.25) is 0 Å². The van der Waals surface area contributed by atoms with Crippen molar-refractivity contribution in [3.8, 4) is 0 Å². The van der Waals surface area contributed by atoms with E-state index in [4.69, 9.17) is 5.73 Å². The molecule has 0 radical (unpaired) electrons. The number of benzene rings is 1. The largest absolute Gasteiger partial charge is 0.328 e. The summed E-state index contributed by atoms with van der Waals surface area (Å²) in [7, 11) is 2.20. The predicted molar refractivity (Wildman–Crippen MR) is 63.6 cm³/mol. The molecule has 82 valence electrons. The lowest BCUT2D eigenvalue weighted by Gasteiger charge is -2.39. The monoisotopic (exact) mass is 204 g/mol. The zero-order chi connectivity index (χ0) is 10.8. The highest BCUT2D eigenvalue weighted by Crippen LogP contribution is 2.24. The molecule has 0 aliphatic heterocycles. The molecule has 0 aromatic heterocycles. The van der Waals surface area contributed by atoms with Crippen molar-refractivity contribution in [1.82, 2.24) is 4.90 Å². The lowest BCUT2D eigenvalue weighted by Crippen LogP contribution is -2.48. The second kappa shape index (κ2) is 4.33. The molecule has 0 atom stereocenters. The van der Waals surface area contributed by atoms with Gasteiger partial charge in [-0.25, -0.2) is 0 Å². The summed E-state index contributed by atoms with van der Waals surface area (Å²) in [4.78, 5) is 2.42. The Morgan fingerprint density at radius 2 is 2.00 bits per heavy atom. The molecule has 1 aromatic carbocycles. The van der Waals surface area contributed by atoms with Gasteiger partial charge < -0.3 is 5.73 Å². The van der Waals surface area contributed by atoms with Gasteiger partial charge in [0.2, 0.25) is 0 Å². The molecule has 0 bridgehead atoms. The Morgan fingerprint density at radius 1 is 1.33 bits per heavy atom.